The Bertz CT molecular complexity index is 864. The highest BCUT2D eigenvalue weighted by molar-refractivity contribution is 5.47. The summed E-state index contributed by atoms with van der Waals surface area (Å²) in [5, 5.41) is 10.7. The molecule has 1 aliphatic heterocycles. The van der Waals surface area contributed by atoms with Gasteiger partial charge in [-0.25, -0.2) is 0 Å². The molecule has 0 aliphatic carbocycles. The quantitative estimate of drug-likeness (QED) is 0.616. The van der Waals surface area contributed by atoms with E-state index < -0.39 is 6.10 Å². The smallest absolute Gasteiger partial charge is 0.231 e. The molecule has 3 rings (SSSR count). The first-order valence-electron chi connectivity index (χ1n) is 10.4. The van der Waals surface area contributed by atoms with Crippen molar-refractivity contribution in [3.05, 3.63) is 47.5 Å². The summed E-state index contributed by atoms with van der Waals surface area (Å²) >= 11 is 0. The first-order valence-corrected chi connectivity index (χ1v) is 10.4. The van der Waals surface area contributed by atoms with Gasteiger partial charge >= 0.3 is 0 Å². The van der Waals surface area contributed by atoms with Gasteiger partial charge in [-0.05, 0) is 44.5 Å². The number of aliphatic hydroxyl groups is 1. The highest BCUT2D eigenvalue weighted by Gasteiger charge is 2.20. The second-order valence-corrected chi connectivity index (χ2v) is 8.59. The van der Waals surface area contributed by atoms with E-state index in [0.29, 0.717) is 31.1 Å². The molecule has 0 aromatic heterocycles. The van der Waals surface area contributed by atoms with E-state index in [2.05, 4.69) is 4.90 Å². The van der Waals surface area contributed by atoms with Crippen LogP contribution >= 0.6 is 0 Å². The summed E-state index contributed by atoms with van der Waals surface area (Å²) in [7, 11) is 3.26. The van der Waals surface area contributed by atoms with Gasteiger partial charge in [0.05, 0.1) is 32.5 Å². The molecule has 0 saturated carbocycles. The van der Waals surface area contributed by atoms with Crippen molar-refractivity contribution in [1.82, 2.24) is 4.90 Å². The second-order valence-electron chi connectivity index (χ2n) is 8.59. The van der Waals surface area contributed by atoms with E-state index in [1.54, 1.807) is 14.2 Å². The summed E-state index contributed by atoms with van der Waals surface area (Å²) in [6, 6.07) is 11.7. The Morgan fingerprint density at radius 3 is 2.52 bits per heavy atom. The fourth-order valence-electron chi connectivity index (χ4n) is 3.50. The van der Waals surface area contributed by atoms with Crippen LogP contribution in [0.4, 0.5) is 0 Å². The number of hydrogen-bond donors (Lipinski definition) is 1. The van der Waals surface area contributed by atoms with Crippen LogP contribution in [0.2, 0.25) is 0 Å². The molecule has 2 aromatic carbocycles. The average molecular weight is 432 g/mol. The predicted molar refractivity (Wildman–Crippen MR) is 118 cm³/mol. The van der Waals surface area contributed by atoms with Gasteiger partial charge in [-0.2, -0.15) is 0 Å². The molecular formula is C24H33NO6. The number of para-hydroxylation sites is 1. The van der Waals surface area contributed by atoms with Crippen molar-refractivity contribution >= 4 is 0 Å². The number of nitrogens with zero attached hydrogens (tertiary/aromatic N) is 1. The van der Waals surface area contributed by atoms with Gasteiger partial charge in [0.1, 0.15) is 0 Å². The molecule has 31 heavy (non-hydrogen) atoms. The second kappa shape index (κ2) is 10.2. The van der Waals surface area contributed by atoms with E-state index in [4.69, 9.17) is 23.7 Å². The third kappa shape index (κ3) is 6.50. The highest BCUT2D eigenvalue weighted by atomic mass is 16.7. The largest absolute Gasteiger partial charge is 0.493 e. The van der Waals surface area contributed by atoms with Crippen molar-refractivity contribution in [1.29, 1.82) is 0 Å². The summed E-state index contributed by atoms with van der Waals surface area (Å²) in [5.74, 6) is 2.87. The van der Waals surface area contributed by atoms with Gasteiger partial charge in [-0.1, -0.05) is 18.2 Å². The summed E-state index contributed by atoms with van der Waals surface area (Å²) in [4.78, 5) is 2.16. The normalized spacial score (nSPS) is 14.0. The molecule has 1 unspecified atom stereocenters. The van der Waals surface area contributed by atoms with Crippen molar-refractivity contribution in [3.63, 3.8) is 0 Å². The number of hydrogen-bond acceptors (Lipinski definition) is 7. The molecule has 7 heteroatoms. The van der Waals surface area contributed by atoms with Gasteiger partial charge in [0.2, 0.25) is 6.79 Å². The zero-order valence-corrected chi connectivity index (χ0v) is 19.0. The van der Waals surface area contributed by atoms with Gasteiger partial charge in [0.25, 0.3) is 0 Å². The number of ether oxygens (including phenoxy) is 5. The molecular weight excluding hydrogens is 398 g/mol. The van der Waals surface area contributed by atoms with Crippen LogP contribution in [0.5, 0.6) is 23.0 Å². The molecule has 170 valence electrons. The van der Waals surface area contributed by atoms with Crippen LogP contribution in [0.1, 0.15) is 31.9 Å². The maximum Gasteiger partial charge on any atom is 0.231 e. The molecule has 0 saturated heterocycles. The van der Waals surface area contributed by atoms with Gasteiger partial charge in [-0.15, -0.1) is 0 Å². The number of aliphatic hydroxyl groups excluding tert-OH is 1. The first kappa shape index (κ1) is 23.2. The molecule has 7 nitrogen and oxygen atoms in total. The minimum absolute atomic E-state index is 0.242. The van der Waals surface area contributed by atoms with Crippen molar-refractivity contribution in [2.75, 3.05) is 34.2 Å². The van der Waals surface area contributed by atoms with Crippen LogP contribution in [0.15, 0.2) is 36.4 Å². The van der Waals surface area contributed by atoms with Gasteiger partial charge < -0.3 is 28.8 Å². The molecule has 1 N–H and O–H groups in total. The summed E-state index contributed by atoms with van der Waals surface area (Å²) in [6.07, 6.45) is -0.634. The first-order chi connectivity index (χ1) is 14.8. The van der Waals surface area contributed by atoms with Gasteiger partial charge in [0, 0.05) is 25.2 Å². The highest BCUT2D eigenvalue weighted by Crippen LogP contribution is 2.34. The van der Waals surface area contributed by atoms with E-state index in [9.17, 15) is 5.11 Å². The number of methoxy groups -OCH3 is 2. The van der Waals surface area contributed by atoms with E-state index in [-0.39, 0.29) is 19.0 Å². The third-order valence-electron chi connectivity index (χ3n) is 4.90. The van der Waals surface area contributed by atoms with Gasteiger partial charge in [-0.3, -0.25) is 4.90 Å². The van der Waals surface area contributed by atoms with Crippen molar-refractivity contribution in [2.45, 2.75) is 45.6 Å². The molecule has 1 aliphatic rings. The monoisotopic (exact) mass is 431 g/mol. The topological polar surface area (TPSA) is 69.6 Å². The van der Waals surface area contributed by atoms with E-state index >= 15 is 0 Å². The Morgan fingerprint density at radius 1 is 1.03 bits per heavy atom. The summed E-state index contributed by atoms with van der Waals surface area (Å²) in [6.45, 7) is 8.06. The standard InChI is InChI=1S/C24H33NO6/c1-24(2,3)31-15-19(26)14-25(12-17-9-10-20-22(11-17)30-16-29-20)13-18-7-6-8-21(27-4)23(18)28-5/h6-11,19,26H,12-16H2,1-5H3. The zero-order chi connectivity index (χ0) is 22.4. The molecule has 2 aromatic rings. The molecule has 0 spiro atoms. The lowest BCUT2D eigenvalue weighted by Gasteiger charge is -2.28. The SMILES string of the molecule is COc1cccc(CN(Cc2ccc3c(c2)OCO3)CC(O)COC(C)(C)C)c1OC. The molecule has 1 heterocycles. The van der Waals surface area contributed by atoms with Crippen molar-refractivity contribution in [3.8, 4) is 23.0 Å². The predicted octanol–water partition coefficient (Wildman–Crippen LogP) is 3.61. The Kier molecular flexibility index (Phi) is 7.64. The Hall–Kier alpha value is -2.48. The van der Waals surface area contributed by atoms with Crippen LogP contribution in [0, 0.1) is 0 Å². The zero-order valence-electron chi connectivity index (χ0n) is 19.0. The molecule has 0 bridgehead atoms. The molecule has 0 fully saturated rings. The van der Waals surface area contributed by atoms with Crippen LogP contribution in [-0.2, 0) is 17.8 Å². The van der Waals surface area contributed by atoms with Crippen LogP contribution in [0.25, 0.3) is 0 Å². The number of fused-ring (bicyclic) bond motifs is 1. The third-order valence-corrected chi connectivity index (χ3v) is 4.90. The average Bonchev–Trinajstić information content (AvgIpc) is 3.19. The maximum atomic E-state index is 10.7. The van der Waals surface area contributed by atoms with Crippen molar-refractivity contribution < 1.29 is 28.8 Å². The lowest BCUT2D eigenvalue weighted by Crippen LogP contribution is -2.36. The summed E-state index contributed by atoms with van der Waals surface area (Å²) < 4.78 is 27.7. The van der Waals surface area contributed by atoms with Crippen LogP contribution in [-0.4, -0.2) is 55.9 Å². The van der Waals surface area contributed by atoms with E-state index in [1.165, 1.54) is 0 Å². The molecule has 1 atom stereocenters. The van der Waals surface area contributed by atoms with Crippen LogP contribution in [0.3, 0.4) is 0 Å². The number of rotatable bonds is 10. The summed E-state index contributed by atoms with van der Waals surface area (Å²) in [5.41, 5.74) is 1.74. The Morgan fingerprint density at radius 2 is 1.81 bits per heavy atom. The Labute approximate surface area is 184 Å². The van der Waals surface area contributed by atoms with Crippen molar-refractivity contribution in [2.24, 2.45) is 0 Å². The van der Waals surface area contributed by atoms with Crippen LogP contribution < -0.4 is 18.9 Å². The molecule has 0 amide bonds. The fraction of sp³-hybridized carbons (Fsp3) is 0.500. The Balaban J connectivity index is 1.78. The van der Waals surface area contributed by atoms with E-state index in [1.807, 2.05) is 57.2 Å². The minimum atomic E-state index is -0.634. The number of benzene rings is 2. The lowest BCUT2D eigenvalue weighted by atomic mass is 10.1. The fourth-order valence-corrected chi connectivity index (χ4v) is 3.50. The minimum Gasteiger partial charge on any atom is -0.493 e. The van der Waals surface area contributed by atoms with Gasteiger partial charge in [0.15, 0.2) is 23.0 Å². The lowest BCUT2D eigenvalue weighted by molar-refractivity contribution is -0.0573. The maximum absolute atomic E-state index is 10.7. The van der Waals surface area contributed by atoms with E-state index in [0.717, 1.165) is 22.6 Å². The molecule has 0 radical (unpaired) electrons.